The molecule has 2 rings (SSSR count). The number of aliphatic hydroxyl groups excluding tert-OH is 1. The van der Waals surface area contributed by atoms with Crippen molar-refractivity contribution < 1.29 is 14.7 Å². The molecule has 0 bridgehead atoms. The molecule has 1 atom stereocenters. The monoisotopic (exact) mass is 253 g/mol. The highest BCUT2D eigenvalue weighted by Gasteiger charge is 2.24. The summed E-state index contributed by atoms with van der Waals surface area (Å²) in [6.45, 7) is 2.29. The number of hydrogen-bond donors (Lipinski definition) is 2. The first-order valence-corrected chi connectivity index (χ1v) is 5.68. The van der Waals surface area contributed by atoms with Crippen molar-refractivity contribution in [2.75, 3.05) is 18.4 Å². The first-order valence-electron chi connectivity index (χ1n) is 5.68. The van der Waals surface area contributed by atoms with E-state index in [0.29, 0.717) is 25.3 Å². The lowest BCUT2D eigenvalue weighted by atomic mass is 10.3. The summed E-state index contributed by atoms with van der Waals surface area (Å²) in [5.74, 6) is -0.0654. The van der Waals surface area contributed by atoms with Crippen LogP contribution in [0.2, 0.25) is 0 Å². The largest absolute Gasteiger partial charge is 0.391 e. The highest BCUT2D eigenvalue weighted by molar-refractivity contribution is 5.87. The fraction of sp³-hybridized carbons (Fsp3) is 0.600. The van der Waals surface area contributed by atoms with E-state index in [1.165, 1.54) is 17.9 Å². The average molecular weight is 253 g/mol. The number of amides is 2. The second kappa shape index (κ2) is 5.13. The number of carbonyl (C=O) groups excluding carboxylic acids is 2. The Morgan fingerprint density at radius 1 is 1.61 bits per heavy atom. The van der Waals surface area contributed by atoms with E-state index in [9.17, 15) is 14.7 Å². The third-order valence-corrected chi connectivity index (χ3v) is 2.63. The molecule has 8 nitrogen and oxygen atoms in total. The van der Waals surface area contributed by atoms with Gasteiger partial charge in [0.25, 0.3) is 0 Å². The van der Waals surface area contributed by atoms with Gasteiger partial charge in [-0.1, -0.05) is 0 Å². The first kappa shape index (κ1) is 12.5. The minimum absolute atomic E-state index is 0.00625. The second-order valence-corrected chi connectivity index (χ2v) is 4.22. The van der Waals surface area contributed by atoms with Gasteiger partial charge in [-0.25, -0.2) is 0 Å². The third-order valence-electron chi connectivity index (χ3n) is 2.63. The van der Waals surface area contributed by atoms with E-state index in [1.54, 1.807) is 4.90 Å². The number of nitrogens with zero attached hydrogens (tertiary/aromatic N) is 4. The smallest absolute Gasteiger partial charge is 0.246 e. The number of anilines is 1. The van der Waals surface area contributed by atoms with E-state index in [2.05, 4.69) is 15.5 Å². The molecule has 1 fully saturated rings. The molecule has 1 aromatic rings. The Morgan fingerprint density at radius 3 is 3.00 bits per heavy atom. The topological polar surface area (TPSA) is 100 Å². The van der Waals surface area contributed by atoms with Gasteiger partial charge in [0, 0.05) is 20.0 Å². The lowest BCUT2D eigenvalue weighted by Gasteiger charge is -2.14. The van der Waals surface area contributed by atoms with Crippen molar-refractivity contribution in [1.82, 2.24) is 19.9 Å². The Hall–Kier alpha value is -1.96. The van der Waals surface area contributed by atoms with E-state index in [1.807, 2.05) is 0 Å². The fourth-order valence-electron chi connectivity index (χ4n) is 1.80. The van der Waals surface area contributed by atoms with E-state index in [4.69, 9.17) is 0 Å². The lowest BCUT2D eigenvalue weighted by molar-refractivity contribution is -0.131. The molecule has 2 amide bonds. The summed E-state index contributed by atoms with van der Waals surface area (Å²) in [4.78, 5) is 25.4. The summed E-state index contributed by atoms with van der Waals surface area (Å²) in [5, 5.41) is 19.6. The third kappa shape index (κ3) is 3.04. The van der Waals surface area contributed by atoms with Crippen LogP contribution in [0.15, 0.2) is 6.20 Å². The molecule has 0 aliphatic carbocycles. The maximum Gasteiger partial charge on any atom is 0.246 e. The van der Waals surface area contributed by atoms with Gasteiger partial charge < -0.3 is 15.3 Å². The minimum Gasteiger partial charge on any atom is -0.391 e. The lowest BCUT2D eigenvalue weighted by Crippen LogP contribution is -2.33. The average Bonchev–Trinajstić information content (AvgIpc) is 2.87. The van der Waals surface area contributed by atoms with Crippen LogP contribution in [-0.2, 0) is 16.1 Å². The molecule has 1 aliphatic heterocycles. The van der Waals surface area contributed by atoms with Gasteiger partial charge in [-0.3, -0.25) is 9.59 Å². The van der Waals surface area contributed by atoms with Crippen molar-refractivity contribution in [3.63, 3.8) is 0 Å². The molecule has 1 saturated heterocycles. The van der Waals surface area contributed by atoms with Crippen LogP contribution in [0.4, 0.5) is 5.82 Å². The Bertz CT molecular complexity index is 458. The molecule has 8 heteroatoms. The summed E-state index contributed by atoms with van der Waals surface area (Å²) in [7, 11) is 0. The van der Waals surface area contributed by atoms with Gasteiger partial charge in [-0.15, -0.1) is 5.10 Å². The molecule has 0 radical (unpaired) electrons. The predicted octanol–water partition coefficient (Wildman–Crippen LogP) is -1.17. The number of rotatable bonds is 3. The van der Waals surface area contributed by atoms with Crippen LogP contribution in [0.1, 0.15) is 13.3 Å². The van der Waals surface area contributed by atoms with Crippen LogP contribution in [-0.4, -0.2) is 56.0 Å². The Kier molecular flexibility index (Phi) is 3.56. The van der Waals surface area contributed by atoms with Gasteiger partial charge in [0.05, 0.1) is 12.3 Å². The zero-order valence-corrected chi connectivity index (χ0v) is 10.0. The molecule has 98 valence electrons. The van der Waals surface area contributed by atoms with Crippen LogP contribution >= 0.6 is 0 Å². The van der Waals surface area contributed by atoms with Crippen LogP contribution in [0.3, 0.4) is 0 Å². The molecular formula is C10H15N5O3. The number of nitrogens with one attached hydrogen (secondary N) is 1. The normalized spacial score (nSPS) is 19.0. The first-order chi connectivity index (χ1) is 8.54. The van der Waals surface area contributed by atoms with Gasteiger partial charge >= 0.3 is 0 Å². The van der Waals surface area contributed by atoms with E-state index < -0.39 is 6.10 Å². The Labute approximate surface area is 104 Å². The summed E-state index contributed by atoms with van der Waals surface area (Å²) in [6.07, 6.45) is 1.55. The van der Waals surface area contributed by atoms with E-state index in [0.717, 1.165) is 0 Å². The second-order valence-electron chi connectivity index (χ2n) is 4.22. The molecule has 1 unspecified atom stereocenters. The number of aromatic nitrogens is 3. The van der Waals surface area contributed by atoms with E-state index >= 15 is 0 Å². The van der Waals surface area contributed by atoms with Gasteiger partial charge in [-0.2, -0.15) is 9.90 Å². The van der Waals surface area contributed by atoms with Crippen LogP contribution in [0, 0.1) is 0 Å². The number of aliphatic hydroxyl groups is 1. The van der Waals surface area contributed by atoms with Gasteiger partial charge in [0.2, 0.25) is 11.8 Å². The van der Waals surface area contributed by atoms with Gasteiger partial charge in [0.15, 0.2) is 5.82 Å². The summed E-state index contributed by atoms with van der Waals surface area (Å²) in [5.41, 5.74) is 0. The van der Waals surface area contributed by atoms with Gasteiger partial charge in [0.1, 0.15) is 6.54 Å². The molecule has 0 spiro atoms. The molecule has 0 aromatic carbocycles. The zero-order chi connectivity index (χ0) is 13.1. The minimum atomic E-state index is -0.436. The molecule has 2 heterocycles. The molecule has 18 heavy (non-hydrogen) atoms. The summed E-state index contributed by atoms with van der Waals surface area (Å²) >= 11 is 0. The van der Waals surface area contributed by atoms with Crippen molar-refractivity contribution in [3.05, 3.63) is 6.20 Å². The van der Waals surface area contributed by atoms with Crippen LogP contribution < -0.4 is 5.32 Å². The quantitative estimate of drug-likeness (QED) is 0.707. The van der Waals surface area contributed by atoms with Crippen molar-refractivity contribution in [1.29, 1.82) is 0 Å². The maximum atomic E-state index is 11.8. The summed E-state index contributed by atoms with van der Waals surface area (Å²) in [6, 6.07) is 0. The number of carbonyl (C=O) groups is 2. The number of β-amino-alcohol motifs (C(OH)–C–C–N with tert-alkyl or cyclic N) is 1. The van der Waals surface area contributed by atoms with Crippen LogP contribution in [0.5, 0.6) is 0 Å². The fourth-order valence-corrected chi connectivity index (χ4v) is 1.80. The SMILES string of the molecule is CC(=O)Nc1cnn(CC(=O)N2CCC(O)C2)n1. The molecule has 2 N–H and O–H groups in total. The zero-order valence-electron chi connectivity index (χ0n) is 10.0. The highest BCUT2D eigenvalue weighted by Crippen LogP contribution is 2.09. The molecular weight excluding hydrogens is 238 g/mol. The van der Waals surface area contributed by atoms with Gasteiger partial charge in [-0.05, 0) is 6.42 Å². The molecule has 1 aliphatic rings. The Morgan fingerprint density at radius 2 is 2.39 bits per heavy atom. The molecule has 1 aromatic heterocycles. The highest BCUT2D eigenvalue weighted by atomic mass is 16.3. The molecule has 0 saturated carbocycles. The van der Waals surface area contributed by atoms with Crippen molar-refractivity contribution >= 4 is 17.6 Å². The number of likely N-dealkylation sites (tertiary alicyclic amines) is 1. The van der Waals surface area contributed by atoms with Crippen molar-refractivity contribution in [2.24, 2.45) is 0 Å². The standard InChI is InChI=1S/C10H15N5O3/c1-7(16)12-9-4-11-15(13-9)6-10(18)14-3-2-8(17)5-14/h4,8,17H,2-3,5-6H2,1H3,(H,12,13,16). The van der Waals surface area contributed by atoms with Crippen molar-refractivity contribution in [3.8, 4) is 0 Å². The van der Waals surface area contributed by atoms with E-state index in [-0.39, 0.29) is 18.4 Å². The van der Waals surface area contributed by atoms with Crippen molar-refractivity contribution in [2.45, 2.75) is 26.0 Å². The maximum absolute atomic E-state index is 11.8. The summed E-state index contributed by atoms with van der Waals surface area (Å²) < 4.78 is 0. The Balaban J connectivity index is 1.91. The number of hydrogen-bond acceptors (Lipinski definition) is 5. The predicted molar refractivity (Wildman–Crippen MR) is 61.5 cm³/mol. The van der Waals surface area contributed by atoms with Crippen LogP contribution in [0.25, 0.3) is 0 Å².